The third-order valence-electron chi connectivity index (χ3n) is 1.97. The van der Waals surface area contributed by atoms with Crippen LogP contribution in [0.5, 0.6) is 5.75 Å². The van der Waals surface area contributed by atoms with E-state index in [1.807, 2.05) is 0 Å². The van der Waals surface area contributed by atoms with Crippen LogP contribution in [0, 0.1) is 0 Å². The van der Waals surface area contributed by atoms with Crippen molar-refractivity contribution in [3.8, 4) is 5.75 Å². The number of phenols is 1. The van der Waals surface area contributed by atoms with Gasteiger partial charge >= 0.3 is 6.03 Å². The Balaban J connectivity index is 2.36. The zero-order chi connectivity index (χ0) is 10.1. The van der Waals surface area contributed by atoms with Crippen LogP contribution < -0.4 is 10.2 Å². The highest BCUT2D eigenvalue weighted by Crippen LogP contribution is 2.27. The third kappa shape index (κ3) is 1.28. The second-order valence-corrected chi connectivity index (χ2v) is 2.93. The molecule has 0 unspecified atom stereocenters. The molecule has 0 aromatic heterocycles. The number of imide groups is 1. The fourth-order valence-electron chi connectivity index (χ4n) is 1.33. The molecule has 72 valence electrons. The van der Waals surface area contributed by atoms with Crippen molar-refractivity contribution in [2.75, 3.05) is 11.4 Å². The van der Waals surface area contributed by atoms with Gasteiger partial charge in [-0.3, -0.25) is 15.0 Å². The van der Waals surface area contributed by atoms with Gasteiger partial charge in [0, 0.05) is 0 Å². The topological polar surface area (TPSA) is 69.6 Å². The summed E-state index contributed by atoms with van der Waals surface area (Å²) in [7, 11) is 0. The van der Waals surface area contributed by atoms with Crippen LogP contribution in [0.25, 0.3) is 0 Å². The smallest absolute Gasteiger partial charge is 0.329 e. The molecule has 0 spiro atoms. The van der Waals surface area contributed by atoms with Gasteiger partial charge in [-0.15, -0.1) is 0 Å². The molecule has 1 aliphatic heterocycles. The summed E-state index contributed by atoms with van der Waals surface area (Å²) in [6.45, 7) is -0.0452. The quantitative estimate of drug-likeness (QED) is 0.634. The summed E-state index contributed by atoms with van der Waals surface area (Å²) in [5.41, 5.74) is 0.343. The van der Waals surface area contributed by atoms with Gasteiger partial charge in [0.05, 0.1) is 5.69 Å². The van der Waals surface area contributed by atoms with E-state index in [2.05, 4.69) is 5.32 Å². The van der Waals surface area contributed by atoms with Gasteiger partial charge in [-0.1, -0.05) is 12.1 Å². The standard InChI is InChI=1S/C9H8N2O3/c12-7-4-2-1-3-6(7)11-5-8(13)10-9(11)14/h1-4,12H,5H2,(H,10,13,14). The van der Waals surface area contributed by atoms with Crippen molar-refractivity contribution in [3.05, 3.63) is 24.3 Å². The minimum Gasteiger partial charge on any atom is -0.506 e. The average molecular weight is 192 g/mol. The number of hydrogen-bond donors (Lipinski definition) is 2. The summed E-state index contributed by atoms with van der Waals surface area (Å²) < 4.78 is 0. The number of rotatable bonds is 1. The molecule has 1 aliphatic rings. The molecule has 14 heavy (non-hydrogen) atoms. The Morgan fingerprint density at radius 3 is 2.57 bits per heavy atom. The number of amides is 3. The molecule has 5 nitrogen and oxygen atoms in total. The SMILES string of the molecule is O=C1CN(c2ccccc2O)C(=O)N1. The summed E-state index contributed by atoms with van der Waals surface area (Å²) in [6.07, 6.45) is 0. The summed E-state index contributed by atoms with van der Waals surface area (Å²) in [6, 6.07) is 5.87. The Morgan fingerprint density at radius 2 is 2.00 bits per heavy atom. The second-order valence-electron chi connectivity index (χ2n) is 2.93. The van der Waals surface area contributed by atoms with Gasteiger partial charge in [0.25, 0.3) is 0 Å². The van der Waals surface area contributed by atoms with E-state index in [1.165, 1.54) is 11.0 Å². The molecule has 2 rings (SSSR count). The maximum absolute atomic E-state index is 11.2. The fraction of sp³-hybridized carbons (Fsp3) is 0.111. The molecule has 1 fully saturated rings. The third-order valence-corrected chi connectivity index (χ3v) is 1.97. The first-order chi connectivity index (χ1) is 6.68. The number of hydrogen-bond acceptors (Lipinski definition) is 3. The molecule has 0 radical (unpaired) electrons. The van der Waals surface area contributed by atoms with Crippen molar-refractivity contribution in [2.45, 2.75) is 0 Å². The van der Waals surface area contributed by atoms with Gasteiger partial charge in [0.15, 0.2) is 0 Å². The lowest BCUT2D eigenvalue weighted by atomic mass is 10.3. The molecule has 0 bridgehead atoms. The lowest BCUT2D eigenvalue weighted by Gasteiger charge is -2.13. The fourth-order valence-corrected chi connectivity index (χ4v) is 1.33. The Hall–Kier alpha value is -2.04. The van der Waals surface area contributed by atoms with Gasteiger partial charge < -0.3 is 5.11 Å². The normalized spacial score (nSPS) is 15.9. The van der Waals surface area contributed by atoms with E-state index in [-0.39, 0.29) is 18.2 Å². The van der Waals surface area contributed by atoms with E-state index in [0.717, 1.165) is 0 Å². The lowest BCUT2D eigenvalue weighted by Crippen LogP contribution is -2.27. The number of nitrogens with one attached hydrogen (secondary N) is 1. The Bertz CT molecular complexity index is 403. The first-order valence-electron chi connectivity index (χ1n) is 4.08. The number of carbonyl (C=O) groups excluding carboxylic acids is 2. The van der Waals surface area contributed by atoms with Crippen LogP contribution in [0.1, 0.15) is 0 Å². The van der Waals surface area contributed by atoms with Crippen molar-refractivity contribution in [1.29, 1.82) is 0 Å². The highest BCUT2D eigenvalue weighted by atomic mass is 16.3. The first-order valence-corrected chi connectivity index (χ1v) is 4.08. The van der Waals surface area contributed by atoms with Crippen molar-refractivity contribution in [2.24, 2.45) is 0 Å². The number of aromatic hydroxyl groups is 1. The predicted molar refractivity (Wildman–Crippen MR) is 49.0 cm³/mol. The zero-order valence-corrected chi connectivity index (χ0v) is 7.23. The number of para-hydroxylation sites is 2. The van der Waals surface area contributed by atoms with Crippen LogP contribution >= 0.6 is 0 Å². The summed E-state index contributed by atoms with van der Waals surface area (Å²) >= 11 is 0. The molecule has 3 amide bonds. The van der Waals surface area contributed by atoms with Crippen molar-refractivity contribution in [1.82, 2.24) is 5.32 Å². The maximum atomic E-state index is 11.2. The molecular formula is C9H8N2O3. The molecule has 1 aromatic carbocycles. The van der Waals surface area contributed by atoms with E-state index < -0.39 is 6.03 Å². The molecule has 1 aromatic rings. The van der Waals surface area contributed by atoms with E-state index in [4.69, 9.17) is 0 Å². The number of nitrogens with zero attached hydrogens (tertiary/aromatic N) is 1. The molecule has 0 atom stereocenters. The van der Waals surface area contributed by atoms with Crippen molar-refractivity contribution >= 4 is 17.6 Å². The first kappa shape index (κ1) is 8.55. The number of benzene rings is 1. The van der Waals surface area contributed by atoms with Gasteiger partial charge in [-0.05, 0) is 12.1 Å². The predicted octanol–water partition coefficient (Wildman–Crippen LogP) is 0.448. The molecule has 5 heteroatoms. The van der Waals surface area contributed by atoms with E-state index in [0.29, 0.717) is 5.69 Å². The van der Waals surface area contributed by atoms with Crippen LogP contribution in [0.3, 0.4) is 0 Å². The number of phenolic OH excluding ortho intramolecular Hbond substituents is 1. The second kappa shape index (κ2) is 3.02. The summed E-state index contributed by atoms with van der Waals surface area (Å²) in [5, 5.41) is 11.6. The molecule has 0 saturated carbocycles. The van der Waals surface area contributed by atoms with Gasteiger partial charge in [-0.25, -0.2) is 4.79 Å². The highest BCUT2D eigenvalue weighted by Gasteiger charge is 2.29. The van der Waals surface area contributed by atoms with E-state index >= 15 is 0 Å². The Kier molecular flexibility index (Phi) is 1.85. The molecule has 2 N–H and O–H groups in total. The number of anilines is 1. The Morgan fingerprint density at radius 1 is 1.29 bits per heavy atom. The van der Waals surface area contributed by atoms with Crippen molar-refractivity contribution in [3.63, 3.8) is 0 Å². The minimum atomic E-state index is -0.503. The van der Waals surface area contributed by atoms with Crippen LogP contribution in [0.4, 0.5) is 10.5 Å². The maximum Gasteiger partial charge on any atom is 0.329 e. The van der Waals surface area contributed by atoms with Gasteiger partial charge in [-0.2, -0.15) is 0 Å². The number of urea groups is 1. The average Bonchev–Trinajstić information content (AvgIpc) is 2.46. The van der Waals surface area contributed by atoms with Crippen LogP contribution in [0.15, 0.2) is 24.3 Å². The Labute approximate surface area is 79.9 Å². The van der Waals surface area contributed by atoms with Crippen LogP contribution in [-0.2, 0) is 4.79 Å². The van der Waals surface area contributed by atoms with E-state index in [1.54, 1.807) is 18.2 Å². The monoisotopic (exact) mass is 192 g/mol. The largest absolute Gasteiger partial charge is 0.506 e. The molecule has 1 heterocycles. The van der Waals surface area contributed by atoms with Crippen molar-refractivity contribution < 1.29 is 14.7 Å². The lowest BCUT2D eigenvalue weighted by molar-refractivity contribution is -0.117. The summed E-state index contributed by atoms with van der Waals surface area (Å²) in [5.74, 6) is -0.379. The highest BCUT2D eigenvalue weighted by molar-refractivity contribution is 6.12. The molecular weight excluding hydrogens is 184 g/mol. The summed E-state index contributed by atoms with van der Waals surface area (Å²) in [4.78, 5) is 23.3. The van der Waals surface area contributed by atoms with Crippen LogP contribution in [-0.4, -0.2) is 23.6 Å². The van der Waals surface area contributed by atoms with E-state index in [9.17, 15) is 14.7 Å². The zero-order valence-electron chi connectivity index (χ0n) is 7.23. The molecule has 1 saturated heterocycles. The minimum absolute atomic E-state index is 0.0163. The molecule has 0 aliphatic carbocycles. The van der Waals surface area contributed by atoms with Crippen LogP contribution in [0.2, 0.25) is 0 Å². The van der Waals surface area contributed by atoms with Gasteiger partial charge in [0.2, 0.25) is 5.91 Å². The number of carbonyl (C=O) groups is 2. The van der Waals surface area contributed by atoms with Gasteiger partial charge in [0.1, 0.15) is 12.3 Å².